The Morgan fingerprint density at radius 1 is 1.11 bits per heavy atom. The number of esters is 1. The smallest absolute Gasteiger partial charge is 0.333 e. The number of carbonyl (C=O) groups is 1. The van der Waals surface area contributed by atoms with Gasteiger partial charge in [-0.3, -0.25) is 0 Å². The molecule has 106 valence electrons. The van der Waals surface area contributed by atoms with Gasteiger partial charge in [0.25, 0.3) is 0 Å². The van der Waals surface area contributed by atoms with Crippen molar-refractivity contribution in [1.29, 1.82) is 0 Å². The van der Waals surface area contributed by atoms with Crippen molar-refractivity contribution < 1.29 is 9.53 Å². The maximum atomic E-state index is 11.9. The minimum atomic E-state index is -0.101. The van der Waals surface area contributed by atoms with Gasteiger partial charge in [0, 0.05) is 5.57 Å². The van der Waals surface area contributed by atoms with Crippen molar-refractivity contribution in [2.75, 3.05) is 6.61 Å². The van der Waals surface area contributed by atoms with Gasteiger partial charge in [-0.05, 0) is 75.0 Å². The molecule has 2 nitrogen and oxygen atoms in total. The fraction of sp³-hybridized carbons (Fsp3) is 0.824. The molecule has 4 aliphatic rings. The lowest BCUT2D eigenvalue weighted by Crippen LogP contribution is -2.44. The molecule has 0 aromatic carbocycles. The highest BCUT2D eigenvalue weighted by atomic mass is 16.5. The molecule has 0 aliphatic heterocycles. The normalized spacial score (nSPS) is 40.5. The summed E-state index contributed by atoms with van der Waals surface area (Å²) >= 11 is 0. The van der Waals surface area contributed by atoms with Crippen LogP contribution in [0, 0.1) is 29.6 Å². The predicted octanol–water partition coefficient (Wildman–Crippen LogP) is 3.96. The first-order valence-electron chi connectivity index (χ1n) is 8.03. The van der Waals surface area contributed by atoms with Gasteiger partial charge in [-0.15, -0.1) is 0 Å². The standard InChI is InChI=1S/C17H26O2/c1-3-4-19-17(18)11(2)5-16-14-7-12-6-13(9-14)10-15(16)8-12/h5,12-16H,3-4,6-10H2,1-2H3. The molecule has 19 heavy (non-hydrogen) atoms. The largest absolute Gasteiger partial charge is 0.462 e. The number of allylic oxidation sites excluding steroid dienone is 1. The van der Waals surface area contributed by atoms with Gasteiger partial charge in [0.05, 0.1) is 6.61 Å². The molecule has 4 bridgehead atoms. The Morgan fingerprint density at radius 2 is 1.68 bits per heavy atom. The first-order chi connectivity index (χ1) is 9.17. The summed E-state index contributed by atoms with van der Waals surface area (Å²) in [6.45, 7) is 4.51. The Balaban J connectivity index is 1.67. The third-order valence-electron chi connectivity index (χ3n) is 5.50. The van der Waals surface area contributed by atoms with Crippen molar-refractivity contribution in [3.8, 4) is 0 Å². The zero-order chi connectivity index (χ0) is 13.4. The zero-order valence-corrected chi connectivity index (χ0v) is 12.2. The molecular formula is C17H26O2. The van der Waals surface area contributed by atoms with E-state index in [1.165, 1.54) is 32.1 Å². The van der Waals surface area contributed by atoms with Crippen molar-refractivity contribution in [3.63, 3.8) is 0 Å². The Morgan fingerprint density at radius 3 is 2.21 bits per heavy atom. The van der Waals surface area contributed by atoms with Gasteiger partial charge in [-0.25, -0.2) is 4.79 Å². The number of carbonyl (C=O) groups excluding carboxylic acids is 1. The highest BCUT2D eigenvalue weighted by Crippen LogP contribution is 2.57. The van der Waals surface area contributed by atoms with Crippen molar-refractivity contribution >= 4 is 5.97 Å². The molecule has 0 amide bonds. The molecule has 0 atom stereocenters. The SMILES string of the molecule is CCCOC(=O)C(C)=CC1C2CC3CC(C2)CC1C3. The number of ether oxygens (including phenoxy) is 1. The fourth-order valence-electron chi connectivity index (χ4n) is 4.90. The molecule has 0 saturated heterocycles. The number of hydrogen-bond donors (Lipinski definition) is 0. The molecule has 2 heteroatoms. The summed E-state index contributed by atoms with van der Waals surface area (Å²) in [4.78, 5) is 11.9. The van der Waals surface area contributed by atoms with Crippen LogP contribution in [0.1, 0.15) is 52.4 Å². The summed E-state index contributed by atoms with van der Waals surface area (Å²) in [5, 5.41) is 0. The lowest BCUT2D eigenvalue weighted by Gasteiger charge is -2.53. The summed E-state index contributed by atoms with van der Waals surface area (Å²) in [6.07, 6.45) is 10.3. The maximum Gasteiger partial charge on any atom is 0.333 e. The average molecular weight is 262 g/mol. The van der Waals surface area contributed by atoms with E-state index in [1.54, 1.807) is 0 Å². The van der Waals surface area contributed by atoms with Crippen LogP contribution in [0.25, 0.3) is 0 Å². The van der Waals surface area contributed by atoms with E-state index in [9.17, 15) is 4.79 Å². The third-order valence-corrected chi connectivity index (χ3v) is 5.50. The van der Waals surface area contributed by atoms with Crippen LogP contribution < -0.4 is 0 Å². The minimum absolute atomic E-state index is 0.101. The van der Waals surface area contributed by atoms with E-state index < -0.39 is 0 Å². The molecule has 0 spiro atoms. The van der Waals surface area contributed by atoms with Crippen LogP contribution in [0.4, 0.5) is 0 Å². The van der Waals surface area contributed by atoms with Crippen LogP contribution in [0.3, 0.4) is 0 Å². The van der Waals surface area contributed by atoms with E-state index in [0.29, 0.717) is 12.5 Å². The van der Waals surface area contributed by atoms with Gasteiger partial charge < -0.3 is 4.74 Å². The number of hydrogen-bond acceptors (Lipinski definition) is 2. The van der Waals surface area contributed by atoms with Gasteiger partial charge >= 0.3 is 5.97 Å². The number of rotatable bonds is 4. The van der Waals surface area contributed by atoms with E-state index in [1.807, 2.05) is 13.8 Å². The summed E-state index contributed by atoms with van der Waals surface area (Å²) in [5.41, 5.74) is 0.839. The average Bonchev–Trinajstić information content (AvgIpc) is 2.39. The van der Waals surface area contributed by atoms with Crippen LogP contribution in [0.2, 0.25) is 0 Å². The zero-order valence-electron chi connectivity index (χ0n) is 12.2. The molecule has 0 aromatic rings. The lowest BCUT2D eigenvalue weighted by atomic mass is 9.52. The Labute approximate surface area is 116 Å². The molecule has 0 N–H and O–H groups in total. The van der Waals surface area contributed by atoms with Crippen LogP contribution in [0.15, 0.2) is 11.6 Å². The second-order valence-electron chi connectivity index (χ2n) is 6.99. The van der Waals surface area contributed by atoms with Gasteiger partial charge in [-0.1, -0.05) is 13.0 Å². The quantitative estimate of drug-likeness (QED) is 0.566. The molecule has 0 unspecified atom stereocenters. The highest BCUT2D eigenvalue weighted by molar-refractivity contribution is 5.87. The molecule has 0 heterocycles. The molecular weight excluding hydrogens is 236 g/mol. The van der Waals surface area contributed by atoms with E-state index in [0.717, 1.165) is 35.7 Å². The van der Waals surface area contributed by atoms with Crippen LogP contribution >= 0.6 is 0 Å². The van der Waals surface area contributed by atoms with Crippen LogP contribution in [0.5, 0.6) is 0 Å². The molecule has 0 radical (unpaired) electrons. The predicted molar refractivity (Wildman–Crippen MR) is 75.5 cm³/mol. The topological polar surface area (TPSA) is 26.3 Å². The Bertz CT molecular complexity index is 355. The summed E-state index contributed by atoms with van der Waals surface area (Å²) in [5.74, 6) is 4.26. The van der Waals surface area contributed by atoms with Crippen molar-refractivity contribution in [3.05, 3.63) is 11.6 Å². The molecule has 4 saturated carbocycles. The Kier molecular flexibility index (Phi) is 3.68. The van der Waals surface area contributed by atoms with E-state index in [4.69, 9.17) is 4.74 Å². The summed E-state index contributed by atoms with van der Waals surface area (Å²) in [7, 11) is 0. The second-order valence-corrected chi connectivity index (χ2v) is 6.99. The van der Waals surface area contributed by atoms with Crippen molar-refractivity contribution in [2.45, 2.75) is 52.4 Å². The minimum Gasteiger partial charge on any atom is -0.462 e. The first-order valence-corrected chi connectivity index (χ1v) is 8.03. The molecule has 0 aromatic heterocycles. The molecule has 4 aliphatic carbocycles. The molecule has 4 rings (SSSR count). The van der Waals surface area contributed by atoms with Gasteiger partial charge in [0.1, 0.15) is 0 Å². The summed E-state index contributed by atoms with van der Waals surface area (Å²) < 4.78 is 5.24. The third kappa shape index (κ3) is 2.59. The fourth-order valence-corrected chi connectivity index (χ4v) is 4.90. The van der Waals surface area contributed by atoms with Crippen LogP contribution in [-0.4, -0.2) is 12.6 Å². The van der Waals surface area contributed by atoms with Crippen LogP contribution in [-0.2, 0) is 9.53 Å². The van der Waals surface area contributed by atoms with Gasteiger partial charge in [-0.2, -0.15) is 0 Å². The lowest BCUT2D eigenvalue weighted by molar-refractivity contribution is -0.139. The summed E-state index contributed by atoms with van der Waals surface area (Å²) in [6, 6.07) is 0. The second kappa shape index (κ2) is 5.30. The Hall–Kier alpha value is -0.790. The first kappa shape index (κ1) is 13.2. The van der Waals surface area contributed by atoms with Gasteiger partial charge in [0.15, 0.2) is 0 Å². The molecule has 4 fully saturated rings. The van der Waals surface area contributed by atoms with E-state index in [2.05, 4.69) is 6.08 Å². The van der Waals surface area contributed by atoms with Crippen molar-refractivity contribution in [2.24, 2.45) is 29.6 Å². The van der Waals surface area contributed by atoms with Crippen molar-refractivity contribution in [1.82, 2.24) is 0 Å². The highest BCUT2D eigenvalue weighted by Gasteiger charge is 2.47. The van der Waals surface area contributed by atoms with E-state index in [-0.39, 0.29) is 5.97 Å². The monoisotopic (exact) mass is 262 g/mol. The van der Waals surface area contributed by atoms with Gasteiger partial charge in [0.2, 0.25) is 0 Å². The maximum absolute atomic E-state index is 11.9. The van der Waals surface area contributed by atoms with E-state index >= 15 is 0 Å².